The van der Waals surface area contributed by atoms with Crippen molar-refractivity contribution >= 4 is 6.03 Å². The lowest BCUT2D eigenvalue weighted by Crippen LogP contribution is -2.50. The molecule has 134 valence electrons. The molecule has 1 aliphatic carbocycles. The van der Waals surface area contributed by atoms with Gasteiger partial charge in [-0.3, -0.25) is 0 Å². The van der Waals surface area contributed by atoms with Crippen LogP contribution in [0.4, 0.5) is 4.79 Å². The van der Waals surface area contributed by atoms with Gasteiger partial charge in [-0.15, -0.1) is 0 Å². The first-order valence-electron chi connectivity index (χ1n) is 9.91. The minimum atomic E-state index is 0.164. The summed E-state index contributed by atoms with van der Waals surface area (Å²) >= 11 is 0. The number of amides is 2. The van der Waals surface area contributed by atoms with Crippen molar-refractivity contribution in [1.82, 2.24) is 15.5 Å². The molecule has 0 unspecified atom stereocenters. The number of piperidine rings is 1. The quantitative estimate of drug-likeness (QED) is 0.749. The van der Waals surface area contributed by atoms with Crippen molar-refractivity contribution in [2.45, 2.75) is 77.7 Å². The van der Waals surface area contributed by atoms with Gasteiger partial charge in [0.15, 0.2) is 0 Å². The number of nitrogens with zero attached hydrogens (tertiary/aromatic N) is 1. The third kappa shape index (κ3) is 7.11. The normalized spacial score (nSPS) is 21.4. The molecule has 0 aromatic carbocycles. The molecule has 0 aromatic rings. The minimum absolute atomic E-state index is 0.164. The SMILES string of the molecule is CC(C)CNC[C@H](CC1CCCCC1)NC(=O)N1CCCCC1. The Bertz CT molecular complexity index is 334. The monoisotopic (exact) mass is 323 g/mol. The number of nitrogens with one attached hydrogen (secondary N) is 2. The lowest BCUT2D eigenvalue weighted by Gasteiger charge is -2.32. The smallest absolute Gasteiger partial charge is 0.317 e. The highest BCUT2D eigenvalue weighted by molar-refractivity contribution is 5.74. The second-order valence-corrected chi connectivity index (χ2v) is 7.99. The summed E-state index contributed by atoms with van der Waals surface area (Å²) < 4.78 is 0. The maximum Gasteiger partial charge on any atom is 0.317 e. The largest absolute Gasteiger partial charge is 0.334 e. The predicted molar refractivity (Wildman–Crippen MR) is 96.6 cm³/mol. The standard InChI is InChI=1S/C19H37N3O/c1-16(2)14-20-15-18(13-17-9-5-3-6-10-17)21-19(23)22-11-7-4-8-12-22/h16-18,20H,3-15H2,1-2H3,(H,21,23)/t18-/m0/s1. The Labute approximate surface area is 142 Å². The first kappa shape index (κ1) is 18.6. The van der Waals surface area contributed by atoms with E-state index in [0.29, 0.717) is 5.92 Å². The van der Waals surface area contributed by atoms with Crippen LogP contribution in [0.2, 0.25) is 0 Å². The molecule has 2 rings (SSSR count). The van der Waals surface area contributed by atoms with Gasteiger partial charge in [0.2, 0.25) is 0 Å². The summed E-state index contributed by atoms with van der Waals surface area (Å²) in [5, 5.41) is 6.88. The number of carbonyl (C=O) groups is 1. The highest BCUT2D eigenvalue weighted by Crippen LogP contribution is 2.27. The molecule has 1 saturated heterocycles. The first-order chi connectivity index (χ1) is 11.1. The van der Waals surface area contributed by atoms with Crippen LogP contribution >= 0.6 is 0 Å². The molecular weight excluding hydrogens is 286 g/mol. The van der Waals surface area contributed by atoms with E-state index in [1.165, 1.54) is 38.5 Å². The van der Waals surface area contributed by atoms with Gasteiger partial charge in [-0.05, 0) is 44.1 Å². The fraction of sp³-hybridized carbons (Fsp3) is 0.947. The Balaban J connectivity index is 1.81. The summed E-state index contributed by atoms with van der Waals surface area (Å²) in [5.74, 6) is 1.46. The van der Waals surface area contributed by atoms with Crippen LogP contribution in [0.5, 0.6) is 0 Å². The molecular formula is C19H37N3O. The van der Waals surface area contributed by atoms with E-state index in [9.17, 15) is 4.79 Å². The van der Waals surface area contributed by atoms with Crippen LogP contribution in [0.15, 0.2) is 0 Å². The van der Waals surface area contributed by atoms with Gasteiger partial charge in [0.05, 0.1) is 0 Å². The molecule has 2 N–H and O–H groups in total. The van der Waals surface area contributed by atoms with Crippen LogP contribution in [-0.4, -0.2) is 43.2 Å². The third-order valence-electron chi connectivity index (χ3n) is 5.26. The Hall–Kier alpha value is -0.770. The summed E-state index contributed by atoms with van der Waals surface area (Å²) in [4.78, 5) is 14.5. The maximum absolute atomic E-state index is 12.5. The Morgan fingerprint density at radius 1 is 1.00 bits per heavy atom. The van der Waals surface area contributed by atoms with Gasteiger partial charge in [-0.1, -0.05) is 46.0 Å². The van der Waals surface area contributed by atoms with Crippen LogP contribution < -0.4 is 10.6 Å². The summed E-state index contributed by atoms with van der Waals surface area (Å²) in [7, 11) is 0. The Morgan fingerprint density at radius 3 is 2.30 bits per heavy atom. The maximum atomic E-state index is 12.5. The lowest BCUT2D eigenvalue weighted by molar-refractivity contribution is 0.178. The average molecular weight is 324 g/mol. The lowest BCUT2D eigenvalue weighted by atomic mass is 9.85. The number of hydrogen-bond donors (Lipinski definition) is 2. The van der Waals surface area contributed by atoms with Crippen molar-refractivity contribution in [1.29, 1.82) is 0 Å². The molecule has 1 heterocycles. The molecule has 23 heavy (non-hydrogen) atoms. The fourth-order valence-electron chi connectivity index (χ4n) is 3.93. The first-order valence-corrected chi connectivity index (χ1v) is 9.91. The second-order valence-electron chi connectivity index (χ2n) is 7.99. The zero-order valence-electron chi connectivity index (χ0n) is 15.3. The molecule has 0 spiro atoms. The minimum Gasteiger partial charge on any atom is -0.334 e. The van der Waals surface area contributed by atoms with Crippen LogP contribution in [0.1, 0.15) is 71.6 Å². The van der Waals surface area contributed by atoms with Gasteiger partial charge in [-0.2, -0.15) is 0 Å². The van der Waals surface area contributed by atoms with Crippen LogP contribution in [0, 0.1) is 11.8 Å². The van der Waals surface area contributed by atoms with Crippen LogP contribution in [0.25, 0.3) is 0 Å². The number of hydrogen-bond acceptors (Lipinski definition) is 2. The summed E-state index contributed by atoms with van der Waals surface area (Å²) in [5.41, 5.74) is 0. The zero-order valence-corrected chi connectivity index (χ0v) is 15.3. The molecule has 0 aromatic heterocycles. The Morgan fingerprint density at radius 2 is 1.65 bits per heavy atom. The van der Waals surface area contributed by atoms with E-state index < -0.39 is 0 Å². The van der Waals surface area contributed by atoms with Gasteiger partial charge >= 0.3 is 6.03 Å². The average Bonchev–Trinajstić information content (AvgIpc) is 2.56. The van der Waals surface area contributed by atoms with Gasteiger partial charge in [0.1, 0.15) is 0 Å². The molecule has 2 fully saturated rings. The van der Waals surface area contributed by atoms with Gasteiger partial charge < -0.3 is 15.5 Å². The fourth-order valence-corrected chi connectivity index (χ4v) is 3.93. The highest BCUT2D eigenvalue weighted by atomic mass is 16.2. The molecule has 4 nitrogen and oxygen atoms in total. The Kier molecular flexibility index (Phi) is 8.21. The van der Waals surface area contributed by atoms with Gasteiger partial charge in [0.25, 0.3) is 0 Å². The molecule has 0 radical (unpaired) electrons. The van der Waals surface area contributed by atoms with Crippen molar-refractivity contribution in [2.24, 2.45) is 11.8 Å². The van der Waals surface area contributed by atoms with Crippen molar-refractivity contribution in [3.8, 4) is 0 Å². The van der Waals surface area contributed by atoms with Crippen LogP contribution in [0.3, 0.4) is 0 Å². The summed E-state index contributed by atoms with van der Waals surface area (Å²) in [6.45, 7) is 8.27. The zero-order chi connectivity index (χ0) is 16.5. The topological polar surface area (TPSA) is 44.4 Å². The van der Waals surface area contributed by atoms with Crippen molar-refractivity contribution in [2.75, 3.05) is 26.2 Å². The van der Waals surface area contributed by atoms with Crippen molar-refractivity contribution in [3.63, 3.8) is 0 Å². The summed E-state index contributed by atoms with van der Waals surface area (Å²) in [6, 6.07) is 0.447. The van der Waals surface area contributed by atoms with E-state index in [0.717, 1.165) is 51.4 Å². The number of urea groups is 1. The number of rotatable bonds is 7. The molecule has 1 saturated carbocycles. The van der Waals surface area contributed by atoms with E-state index in [4.69, 9.17) is 0 Å². The van der Waals surface area contributed by atoms with E-state index in [-0.39, 0.29) is 12.1 Å². The van der Waals surface area contributed by atoms with Crippen molar-refractivity contribution in [3.05, 3.63) is 0 Å². The van der Waals surface area contributed by atoms with E-state index in [1.54, 1.807) is 0 Å². The third-order valence-corrected chi connectivity index (χ3v) is 5.26. The van der Waals surface area contributed by atoms with E-state index in [2.05, 4.69) is 24.5 Å². The molecule has 1 atom stereocenters. The molecule has 4 heteroatoms. The van der Waals surface area contributed by atoms with Gasteiger partial charge in [0, 0.05) is 25.7 Å². The summed E-state index contributed by atoms with van der Waals surface area (Å²) in [6.07, 6.45) is 11.6. The van der Waals surface area contributed by atoms with Gasteiger partial charge in [-0.25, -0.2) is 4.79 Å². The highest BCUT2D eigenvalue weighted by Gasteiger charge is 2.23. The van der Waals surface area contributed by atoms with Crippen molar-refractivity contribution < 1.29 is 4.79 Å². The molecule has 0 bridgehead atoms. The number of likely N-dealkylation sites (tertiary alicyclic amines) is 1. The molecule has 2 amide bonds. The van der Waals surface area contributed by atoms with E-state index in [1.807, 2.05) is 4.90 Å². The predicted octanol–water partition coefficient (Wildman–Crippen LogP) is 3.77. The second kappa shape index (κ2) is 10.2. The van der Waals surface area contributed by atoms with Crippen LogP contribution in [-0.2, 0) is 0 Å². The molecule has 1 aliphatic heterocycles. The van der Waals surface area contributed by atoms with E-state index >= 15 is 0 Å². The number of carbonyl (C=O) groups excluding carboxylic acids is 1. The molecule has 2 aliphatic rings.